The molecule has 0 atom stereocenters. The summed E-state index contributed by atoms with van der Waals surface area (Å²) in [6, 6.07) is 82.5. The van der Waals surface area contributed by atoms with Crippen molar-refractivity contribution in [1.29, 1.82) is 0 Å². The van der Waals surface area contributed by atoms with E-state index in [1.165, 1.54) is 42.4 Å². The van der Waals surface area contributed by atoms with E-state index in [0.717, 1.165) is 67.5 Å². The van der Waals surface area contributed by atoms with Crippen molar-refractivity contribution in [3.8, 4) is 44.9 Å². The number of hydrogen-bond acceptors (Lipinski definition) is 4. The first-order chi connectivity index (χ1) is 30.7. The summed E-state index contributed by atoms with van der Waals surface area (Å²) in [5.41, 5.74) is 13.2. The van der Waals surface area contributed by atoms with Gasteiger partial charge >= 0.3 is 0 Å². The molecule has 0 bridgehead atoms. The van der Waals surface area contributed by atoms with Crippen LogP contribution < -0.4 is 14.5 Å². The van der Waals surface area contributed by atoms with Crippen molar-refractivity contribution in [2.24, 2.45) is 0 Å². The maximum atomic E-state index is 7.26. The number of thiophene rings is 1. The molecule has 3 nitrogen and oxygen atoms in total. The lowest BCUT2D eigenvalue weighted by Crippen LogP contribution is -2.13. The number of nitrogens with zero attached hydrogens (tertiary/aromatic N) is 2. The molecule has 10 aromatic carbocycles. The number of hydrogen-bond donors (Lipinski definition) is 0. The quantitative estimate of drug-likeness (QED) is 0.152. The Labute approximate surface area is 364 Å². The first-order valence-electron chi connectivity index (χ1n) is 21.0. The number of para-hydroxylation sites is 2. The van der Waals surface area contributed by atoms with E-state index in [4.69, 9.17) is 4.74 Å². The fourth-order valence-electron chi connectivity index (χ4n) is 9.13. The maximum Gasteiger partial charge on any atom is 0.159 e. The fraction of sp³-hybridized carbons (Fsp3) is 0. The van der Waals surface area contributed by atoms with Gasteiger partial charge in [-0.25, -0.2) is 0 Å². The predicted molar refractivity (Wildman–Crippen MR) is 263 cm³/mol. The summed E-state index contributed by atoms with van der Waals surface area (Å²) in [6.45, 7) is 0. The topological polar surface area (TPSA) is 15.7 Å². The zero-order valence-electron chi connectivity index (χ0n) is 33.7. The second kappa shape index (κ2) is 15.0. The van der Waals surface area contributed by atoms with Crippen LogP contribution in [0.25, 0.3) is 64.3 Å². The molecule has 2 heterocycles. The van der Waals surface area contributed by atoms with Gasteiger partial charge in [-0.2, -0.15) is 0 Å². The highest BCUT2D eigenvalue weighted by atomic mass is 32.1. The van der Waals surface area contributed by atoms with E-state index >= 15 is 0 Å². The van der Waals surface area contributed by atoms with E-state index in [1.54, 1.807) is 0 Å². The largest absolute Gasteiger partial charge is 0.454 e. The third-order valence-corrected chi connectivity index (χ3v) is 13.3. The summed E-state index contributed by atoms with van der Waals surface area (Å²) >= 11 is 1.87. The molecular weight excluding hydrogens is 773 g/mol. The number of fused-ring (bicyclic) bond motifs is 5. The SMILES string of the molecule is c1ccc(-c2ccc(N(c3ccc(-c4cccc5c4sc4ccccc45)cc3)c3ccc4cccc5c4c3Oc3cc(N(c4ccccc4)c4ccccc4)ccc3-5)cc2)cc1. The highest BCUT2D eigenvalue weighted by Gasteiger charge is 2.28. The highest BCUT2D eigenvalue weighted by molar-refractivity contribution is 7.26. The Morgan fingerprint density at radius 3 is 1.65 bits per heavy atom. The summed E-state index contributed by atoms with van der Waals surface area (Å²) < 4.78 is 9.88. The zero-order valence-corrected chi connectivity index (χ0v) is 34.5. The summed E-state index contributed by atoms with van der Waals surface area (Å²) in [6.07, 6.45) is 0. The smallest absolute Gasteiger partial charge is 0.159 e. The van der Waals surface area contributed by atoms with Crippen LogP contribution in [0.2, 0.25) is 0 Å². The van der Waals surface area contributed by atoms with Crippen LogP contribution >= 0.6 is 11.3 Å². The Bertz CT molecular complexity index is 3380. The van der Waals surface area contributed by atoms with Gasteiger partial charge in [-0.05, 0) is 106 Å². The highest BCUT2D eigenvalue weighted by Crippen LogP contribution is 2.54. The van der Waals surface area contributed by atoms with E-state index < -0.39 is 0 Å². The van der Waals surface area contributed by atoms with Crippen LogP contribution in [0.4, 0.5) is 34.1 Å². The van der Waals surface area contributed by atoms with Crippen LogP contribution in [-0.4, -0.2) is 0 Å². The summed E-state index contributed by atoms with van der Waals surface area (Å²) in [5, 5.41) is 4.85. The second-order valence-electron chi connectivity index (χ2n) is 15.7. The molecule has 0 aliphatic carbocycles. The predicted octanol–water partition coefficient (Wildman–Crippen LogP) is 17.3. The van der Waals surface area contributed by atoms with E-state index in [2.05, 4.69) is 240 Å². The minimum atomic E-state index is 0.818. The maximum absolute atomic E-state index is 7.26. The first-order valence-corrected chi connectivity index (χ1v) is 21.8. The van der Waals surface area contributed by atoms with Gasteiger partial charge < -0.3 is 14.5 Å². The average Bonchev–Trinajstić information content (AvgIpc) is 3.73. The lowest BCUT2D eigenvalue weighted by molar-refractivity contribution is 0.488. The number of anilines is 6. The Balaban J connectivity index is 1.01. The monoisotopic (exact) mass is 810 g/mol. The molecule has 1 aromatic heterocycles. The third-order valence-electron chi connectivity index (χ3n) is 12.0. The van der Waals surface area contributed by atoms with E-state index in [9.17, 15) is 0 Å². The molecule has 1 aliphatic heterocycles. The van der Waals surface area contributed by atoms with Gasteiger partial charge in [-0.1, -0.05) is 152 Å². The molecule has 12 rings (SSSR count). The Morgan fingerprint density at radius 2 is 0.919 bits per heavy atom. The van der Waals surface area contributed by atoms with Crippen LogP contribution in [0.15, 0.2) is 231 Å². The normalized spacial score (nSPS) is 11.7. The Morgan fingerprint density at radius 1 is 0.355 bits per heavy atom. The first kappa shape index (κ1) is 36.0. The van der Waals surface area contributed by atoms with Crippen molar-refractivity contribution in [1.82, 2.24) is 0 Å². The second-order valence-corrected chi connectivity index (χ2v) is 16.7. The zero-order chi connectivity index (χ0) is 41.0. The molecule has 11 aromatic rings. The van der Waals surface area contributed by atoms with Crippen molar-refractivity contribution < 1.29 is 4.74 Å². The van der Waals surface area contributed by atoms with Gasteiger partial charge in [0.05, 0.1) is 5.69 Å². The number of ether oxygens (including phenoxy) is 1. The molecule has 0 saturated carbocycles. The molecule has 0 radical (unpaired) electrons. The van der Waals surface area contributed by atoms with Gasteiger partial charge in [-0.15, -0.1) is 11.3 Å². The van der Waals surface area contributed by atoms with Gasteiger partial charge in [0, 0.05) is 65.6 Å². The van der Waals surface area contributed by atoms with Crippen molar-refractivity contribution in [3.05, 3.63) is 231 Å². The van der Waals surface area contributed by atoms with Crippen molar-refractivity contribution in [3.63, 3.8) is 0 Å². The summed E-state index contributed by atoms with van der Waals surface area (Å²) in [7, 11) is 0. The fourth-order valence-corrected chi connectivity index (χ4v) is 10.4. The van der Waals surface area contributed by atoms with Gasteiger partial charge in [0.1, 0.15) is 5.75 Å². The lowest BCUT2D eigenvalue weighted by Gasteiger charge is -2.32. The van der Waals surface area contributed by atoms with E-state index in [0.29, 0.717) is 0 Å². The molecule has 0 fully saturated rings. The van der Waals surface area contributed by atoms with Crippen LogP contribution in [0.1, 0.15) is 0 Å². The Kier molecular flexibility index (Phi) is 8.68. The molecule has 0 N–H and O–H groups in total. The van der Waals surface area contributed by atoms with Crippen LogP contribution in [0.3, 0.4) is 0 Å². The van der Waals surface area contributed by atoms with Gasteiger partial charge in [-0.3, -0.25) is 0 Å². The average molecular weight is 811 g/mol. The minimum absolute atomic E-state index is 0.818. The standard InChI is InChI=1S/C58H38N2OS/c1-4-14-39(15-5-1)40-26-31-45(32-27-40)60(46-33-28-41(29-34-46)48-22-13-24-52-50-21-10-11-25-55(50)62-58(48)52)53-37-30-42-16-12-23-51-49-36-35-47(38-54(49)61-57(53)56(42)51)59(43-17-6-2-7-18-43)44-19-8-3-9-20-44/h1-38H. The molecule has 1 aliphatic rings. The molecule has 0 amide bonds. The molecule has 0 spiro atoms. The number of rotatable bonds is 8. The molecule has 292 valence electrons. The van der Waals surface area contributed by atoms with E-state index in [-0.39, 0.29) is 0 Å². The molecular formula is C58H38N2OS. The lowest BCUT2D eigenvalue weighted by atomic mass is 9.93. The summed E-state index contributed by atoms with van der Waals surface area (Å²) in [5.74, 6) is 1.65. The van der Waals surface area contributed by atoms with Crippen molar-refractivity contribution in [2.75, 3.05) is 9.80 Å². The molecule has 0 saturated heterocycles. The van der Waals surface area contributed by atoms with Crippen molar-refractivity contribution in [2.45, 2.75) is 0 Å². The molecule has 0 unspecified atom stereocenters. The molecule has 4 heteroatoms. The summed E-state index contributed by atoms with van der Waals surface area (Å²) in [4.78, 5) is 4.63. The van der Waals surface area contributed by atoms with Gasteiger partial charge in [0.25, 0.3) is 0 Å². The minimum Gasteiger partial charge on any atom is -0.454 e. The third kappa shape index (κ3) is 6.11. The van der Waals surface area contributed by atoms with E-state index in [1.807, 2.05) is 11.3 Å². The molecule has 62 heavy (non-hydrogen) atoms. The van der Waals surface area contributed by atoms with Crippen LogP contribution in [0, 0.1) is 0 Å². The van der Waals surface area contributed by atoms with Gasteiger partial charge in [0.15, 0.2) is 5.75 Å². The Hall–Kier alpha value is -7.92. The number of benzene rings is 10. The van der Waals surface area contributed by atoms with Crippen LogP contribution in [0.5, 0.6) is 11.5 Å². The van der Waals surface area contributed by atoms with Crippen molar-refractivity contribution >= 4 is 76.4 Å². The van der Waals surface area contributed by atoms with Crippen LogP contribution in [-0.2, 0) is 0 Å². The van der Waals surface area contributed by atoms with Gasteiger partial charge in [0.2, 0.25) is 0 Å².